The summed E-state index contributed by atoms with van der Waals surface area (Å²) in [6.45, 7) is 0. The highest BCUT2D eigenvalue weighted by atomic mass is 19.4. The minimum atomic E-state index is -4.52. The summed E-state index contributed by atoms with van der Waals surface area (Å²) >= 11 is 0. The van der Waals surface area contributed by atoms with Crippen molar-refractivity contribution in [2.45, 2.75) is 12.3 Å². The summed E-state index contributed by atoms with van der Waals surface area (Å²) in [5.74, 6) is -0.694. The number of aromatic hydroxyl groups is 1. The second kappa shape index (κ2) is 8.68. The number of anilines is 1. The Hall–Kier alpha value is -3.82. The molecule has 0 saturated heterocycles. The molecule has 7 nitrogen and oxygen atoms in total. The van der Waals surface area contributed by atoms with Crippen LogP contribution >= 0.6 is 0 Å². The van der Waals surface area contributed by atoms with Gasteiger partial charge in [-0.25, -0.2) is 4.99 Å². The van der Waals surface area contributed by atoms with Crippen LogP contribution < -0.4 is 5.32 Å². The van der Waals surface area contributed by atoms with Crippen LogP contribution in [0.1, 0.15) is 11.1 Å². The highest BCUT2D eigenvalue weighted by Crippen LogP contribution is 2.32. The third-order valence-electron chi connectivity index (χ3n) is 4.01. The van der Waals surface area contributed by atoms with Crippen LogP contribution in [0.2, 0.25) is 0 Å². The molecule has 1 aliphatic heterocycles. The van der Waals surface area contributed by atoms with Gasteiger partial charge >= 0.3 is 6.18 Å². The predicted molar refractivity (Wildman–Crippen MR) is 107 cm³/mol. The molecule has 0 bridgehead atoms. The maximum atomic E-state index is 13.2. The normalized spacial score (nSPS) is 16.7. The van der Waals surface area contributed by atoms with E-state index in [0.29, 0.717) is 0 Å². The quantitative estimate of drug-likeness (QED) is 0.733. The van der Waals surface area contributed by atoms with Crippen LogP contribution in [0.4, 0.5) is 19.0 Å². The van der Waals surface area contributed by atoms with Gasteiger partial charge in [0, 0.05) is 18.7 Å². The second-order valence-corrected chi connectivity index (χ2v) is 6.05. The third kappa shape index (κ3) is 4.96. The van der Waals surface area contributed by atoms with E-state index in [4.69, 9.17) is 0 Å². The zero-order chi connectivity index (χ0) is 21.7. The van der Waals surface area contributed by atoms with Gasteiger partial charge in [0.1, 0.15) is 11.5 Å². The van der Waals surface area contributed by atoms with Crippen molar-refractivity contribution in [2.75, 3.05) is 12.4 Å². The minimum absolute atomic E-state index is 0.0143. The fourth-order valence-electron chi connectivity index (χ4n) is 2.66. The maximum absolute atomic E-state index is 13.2. The molecule has 2 N–H and O–H groups in total. The number of pyridine rings is 1. The van der Waals surface area contributed by atoms with Crippen molar-refractivity contribution < 1.29 is 23.1 Å². The van der Waals surface area contributed by atoms with Crippen molar-refractivity contribution in [1.82, 2.24) is 4.98 Å². The molecule has 154 valence electrons. The number of nitrogens with zero attached hydrogens (tertiary/aromatic N) is 4. The number of hydrogen-bond acceptors (Lipinski definition) is 6. The van der Waals surface area contributed by atoms with Crippen LogP contribution in [0.3, 0.4) is 0 Å². The van der Waals surface area contributed by atoms with E-state index in [0.717, 1.165) is 6.07 Å². The average Bonchev–Trinajstić information content (AvgIpc) is 3.17. The van der Waals surface area contributed by atoms with Gasteiger partial charge in [0.25, 0.3) is 5.91 Å². The topological polar surface area (TPSA) is 99.3 Å². The Balaban J connectivity index is 1.73. The van der Waals surface area contributed by atoms with E-state index >= 15 is 0 Å². The van der Waals surface area contributed by atoms with E-state index in [1.54, 1.807) is 0 Å². The van der Waals surface area contributed by atoms with Gasteiger partial charge in [0.15, 0.2) is 6.17 Å². The highest BCUT2D eigenvalue weighted by Gasteiger charge is 2.33. The molecule has 1 aromatic heterocycles. The summed E-state index contributed by atoms with van der Waals surface area (Å²) in [7, 11) is 1.38. The molecule has 2 heterocycles. The molecule has 1 aromatic carbocycles. The first kappa shape index (κ1) is 20.9. The van der Waals surface area contributed by atoms with Crippen molar-refractivity contribution in [3.05, 3.63) is 65.7 Å². The van der Waals surface area contributed by atoms with E-state index in [-0.39, 0.29) is 28.7 Å². The van der Waals surface area contributed by atoms with Crippen molar-refractivity contribution in [3.8, 4) is 5.88 Å². The number of aromatic nitrogens is 1. The van der Waals surface area contributed by atoms with Crippen molar-refractivity contribution in [3.63, 3.8) is 0 Å². The smallest absolute Gasteiger partial charge is 0.417 e. The number of rotatable bonds is 5. The first-order valence-corrected chi connectivity index (χ1v) is 8.68. The molecule has 0 fully saturated rings. The standard InChI is InChI=1S/C20H16F3N5O2/c1-24-14(12-5-2-3-6-13(12)20(21,22)23)9-10-16-25-11-15(26-16)19(30)28-17-7-4-8-18(29)27-17/h2-11,16H,1H3,(H2,27,28,29,30)/b10-9-,24-14+. The van der Waals surface area contributed by atoms with Gasteiger partial charge in [0.2, 0.25) is 5.88 Å². The second-order valence-electron chi connectivity index (χ2n) is 6.05. The lowest BCUT2D eigenvalue weighted by Gasteiger charge is -2.12. The van der Waals surface area contributed by atoms with Crippen LogP contribution in [0, 0.1) is 0 Å². The van der Waals surface area contributed by atoms with Gasteiger partial charge in [0.05, 0.1) is 17.5 Å². The molecule has 0 radical (unpaired) electrons. The first-order chi connectivity index (χ1) is 14.3. The molecule has 0 spiro atoms. The number of alkyl halides is 3. The molecular weight excluding hydrogens is 399 g/mol. The Morgan fingerprint density at radius 3 is 2.67 bits per heavy atom. The lowest BCUT2D eigenvalue weighted by Crippen LogP contribution is -2.23. The lowest BCUT2D eigenvalue weighted by molar-refractivity contribution is -0.137. The summed E-state index contributed by atoms with van der Waals surface area (Å²) in [6, 6.07) is 9.47. The minimum Gasteiger partial charge on any atom is -0.493 e. The molecule has 1 unspecified atom stereocenters. The van der Waals surface area contributed by atoms with Crippen LogP contribution in [0.15, 0.2) is 69.6 Å². The van der Waals surface area contributed by atoms with Gasteiger partial charge in [-0.15, -0.1) is 0 Å². The van der Waals surface area contributed by atoms with Crippen LogP contribution in [0.25, 0.3) is 0 Å². The van der Waals surface area contributed by atoms with E-state index in [1.807, 2.05) is 0 Å². The van der Waals surface area contributed by atoms with Crippen molar-refractivity contribution in [1.29, 1.82) is 0 Å². The summed E-state index contributed by atoms with van der Waals surface area (Å²) in [4.78, 5) is 28.0. The molecule has 1 atom stereocenters. The van der Waals surface area contributed by atoms with Gasteiger partial charge in [-0.2, -0.15) is 18.2 Å². The fourth-order valence-corrected chi connectivity index (χ4v) is 2.66. The number of allylic oxidation sites excluding steroid dienone is 1. The average molecular weight is 415 g/mol. The largest absolute Gasteiger partial charge is 0.493 e. The zero-order valence-electron chi connectivity index (χ0n) is 15.6. The van der Waals surface area contributed by atoms with Crippen molar-refractivity contribution >= 4 is 29.4 Å². The monoisotopic (exact) mass is 415 g/mol. The number of halogens is 3. The Morgan fingerprint density at radius 2 is 1.97 bits per heavy atom. The summed E-state index contributed by atoms with van der Waals surface area (Å²) < 4.78 is 39.7. The summed E-state index contributed by atoms with van der Waals surface area (Å²) in [6.07, 6.45) is -1.22. The zero-order valence-corrected chi connectivity index (χ0v) is 15.6. The molecule has 10 heteroatoms. The van der Waals surface area contributed by atoms with Gasteiger partial charge in [-0.1, -0.05) is 24.3 Å². The Labute approximate surface area is 169 Å². The molecule has 0 saturated carbocycles. The predicted octanol–water partition coefficient (Wildman–Crippen LogP) is 3.27. The van der Waals surface area contributed by atoms with E-state index in [1.165, 1.54) is 61.8 Å². The number of aliphatic imine (C=N–C) groups is 3. The number of carbonyl (C=O) groups is 1. The lowest BCUT2D eigenvalue weighted by atomic mass is 10.0. The Kier molecular flexibility index (Phi) is 6.05. The van der Waals surface area contributed by atoms with Crippen molar-refractivity contribution in [2.24, 2.45) is 15.0 Å². The van der Waals surface area contributed by atoms with Gasteiger partial charge in [-0.05, 0) is 24.3 Å². The van der Waals surface area contributed by atoms with E-state index in [9.17, 15) is 23.1 Å². The molecule has 3 rings (SSSR count). The Morgan fingerprint density at radius 1 is 1.20 bits per heavy atom. The van der Waals surface area contributed by atoms with E-state index < -0.39 is 23.8 Å². The SMILES string of the molecule is C/N=C(\C=C/C1N=CC(C(=O)Nc2cccc(O)n2)=N1)c1ccccc1C(F)(F)F. The number of nitrogens with one attached hydrogen (secondary N) is 1. The third-order valence-corrected chi connectivity index (χ3v) is 4.01. The molecule has 1 aliphatic rings. The molecule has 1 amide bonds. The number of benzene rings is 1. The Bertz CT molecular complexity index is 1070. The van der Waals surface area contributed by atoms with E-state index in [2.05, 4.69) is 25.3 Å². The maximum Gasteiger partial charge on any atom is 0.417 e. The fraction of sp³-hybridized carbons (Fsp3) is 0.150. The summed E-state index contributed by atoms with van der Waals surface area (Å²) in [5, 5.41) is 11.8. The highest BCUT2D eigenvalue weighted by molar-refractivity contribution is 6.63. The molecule has 30 heavy (non-hydrogen) atoms. The van der Waals surface area contributed by atoms with Crippen LogP contribution in [0.5, 0.6) is 5.88 Å². The summed E-state index contributed by atoms with van der Waals surface area (Å²) in [5.41, 5.74) is -0.745. The van der Waals surface area contributed by atoms with Crippen LogP contribution in [-0.2, 0) is 11.0 Å². The molecule has 2 aromatic rings. The number of carbonyl (C=O) groups excluding carboxylic acids is 1. The van der Waals surface area contributed by atoms with Gasteiger partial charge < -0.3 is 10.4 Å². The first-order valence-electron chi connectivity index (χ1n) is 8.68. The molecule has 0 aliphatic carbocycles. The van der Waals surface area contributed by atoms with Gasteiger partial charge in [-0.3, -0.25) is 14.8 Å². The molecular formula is C20H16F3N5O2. The number of amides is 1. The van der Waals surface area contributed by atoms with Crippen LogP contribution in [-0.4, -0.2) is 46.8 Å². The number of hydrogen-bond donors (Lipinski definition) is 2.